The van der Waals surface area contributed by atoms with Gasteiger partial charge >= 0.3 is 0 Å². The molecule has 5 nitrogen and oxygen atoms in total. The molecule has 2 aromatic rings. The molecule has 0 amide bonds. The van der Waals surface area contributed by atoms with Gasteiger partial charge in [-0.2, -0.15) is 5.10 Å². The molecule has 1 aromatic heterocycles. The highest BCUT2D eigenvalue weighted by molar-refractivity contribution is 5.85. The summed E-state index contributed by atoms with van der Waals surface area (Å²) in [4.78, 5) is 4.80. The zero-order chi connectivity index (χ0) is 16.7. The first-order valence-electron chi connectivity index (χ1n) is 8.98. The van der Waals surface area contributed by atoms with Gasteiger partial charge < -0.3 is 10.1 Å². The van der Waals surface area contributed by atoms with Crippen LogP contribution < -0.4 is 5.32 Å². The van der Waals surface area contributed by atoms with Crippen LogP contribution >= 0.6 is 12.4 Å². The Hall–Kier alpha value is -1.43. The van der Waals surface area contributed by atoms with E-state index in [0.717, 1.165) is 49.8 Å². The molecular weight excluding hydrogens is 336 g/mol. The van der Waals surface area contributed by atoms with Gasteiger partial charge in [-0.25, -0.2) is 9.67 Å². The zero-order valence-corrected chi connectivity index (χ0v) is 16.0. The number of aryl methyl sites for hydroxylation is 2. The number of halogens is 1. The summed E-state index contributed by atoms with van der Waals surface area (Å²) in [5.41, 5.74) is 3.72. The molecule has 2 aliphatic rings. The quantitative estimate of drug-likeness (QED) is 0.891. The Balaban J connectivity index is 0.00000182. The van der Waals surface area contributed by atoms with E-state index >= 15 is 0 Å². The number of ether oxygens (including phenoxy) is 1. The van der Waals surface area contributed by atoms with Crippen molar-refractivity contribution in [1.29, 1.82) is 0 Å². The van der Waals surface area contributed by atoms with E-state index in [2.05, 4.69) is 42.0 Å². The van der Waals surface area contributed by atoms with Crippen LogP contribution in [0.15, 0.2) is 18.2 Å². The lowest BCUT2D eigenvalue weighted by Crippen LogP contribution is -2.51. The topological polar surface area (TPSA) is 52.0 Å². The van der Waals surface area contributed by atoms with Crippen molar-refractivity contribution >= 4 is 12.4 Å². The molecule has 1 saturated carbocycles. The van der Waals surface area contributed by atoms with Crippen molar-refractivity contribution in [2.24, 2.45) is 0 Å². The van der Waals surface area contributed by atoms with Crippen LogP contribution in [0, 0.1) is 20.8 Å². The fraction of sp³-hybridized carbons (Fsp3) is 0.579. The van der Waals surface area contributed by atoms with Crippen LogP contribution in [0.1, 0.15) is 48.0 Å². The fourth-order valence-electron chi connectivity index (χ4n) is 4.08. The van der Waals surface area contributed by atoms with Crippen LogP contribution in [0.4, 0.5) is 0 Å². The second-order valence-corrected chi connectivity index (χ2v) is 7.13. The third-order valence-electron chi connectivity index (χ3n) is 5.53. The van der Waals surface area contributed by atoms with E-state index in [4.69, 9.17) is 14.8 Å². The Morgan fingerprint density at radius 3 is 2.88 bits per heavy atom. The van der Waals surface area contributed by atoms with Gasteiger partial charge in [0.2, 0.25) is 0 Å². The van der Waals surface area contributed by atoms with Crippen molar-refractivity contribution in [3.63, 3.8) is 0 Å². The summed E-state index contributed by atoms with van der Waals surface area (Å²) < 4.78 is 7.99. The number of hydrogen-bond donors (Lipinski definition) is 1. The van der Waals surface area contributed by atoms with Gasteiger partial charge in [-0.1, -0.05) is 12.1 Å². The van der Waals surface area contributed by atoms with E-state index in [1.807, 2.05) is 6.92 Å². The highest BCUT2D eigenvalue weighted by atomic mass is 35.5. The Bertz CT molecular complexity index is 745. The summed E-state index contributed by atoms with van der Waals surface area (Å²) in [5, 5.41) is 8.34. The smallest absolute Gasteiger partial charge is 0.148 e. The minimum absolute atomic E-state index is 0. The summed E-state index contributed by atoms with van der Waals surface area (Å²) in [6.07, 6.45) is 3.66. The molecule has 1 aliphatic heterocycles. The molecule has 2 fully saturated rings. The Labute approximate surface area is 155 Å². The Morgan fingerprint density at radius 2 is 2.04 bits per heavy atom. The molecule has 0 radical (unpaired) electrons. The number of nitrogens with one attached hydrogen (secondary N) is 1. The zero-order valence-electron chi connectivity index (χ0n) is 15.2. The number of nitrogens with zero attached hydrogens (tertiary/aromatic N) is 3. The lowest BCUT2D eigenvalue weighted by molar-refractivity contribution is -0.0280. The first kappa shape index (κ1) is 18.4. The van der Waals surface area contributed by atoms with Crippen LogP contribution in [0.5, 0.6) is 0 Å². The number of benzene rings is 1. The molecule has 1 aliphatic carbocycles. The summed E-state index contributed by atoms with van der Waals surface area (Å²) >= 11 is 0. The van der Waals surface area contributed by atoms with E-state index in [1.54, 1.807) is 0 Å². The Kier molecular flexibility index (Phi) is 5.46. The molecular formula is C19H27ClN4O. The summed E-state index contributed by atoms with van der Waals surface area (Å²) in [7, 11) is 0. The van der Waals surface area contributed by atoms with Crippen LogP contribution in [0.25, 0.3) is 5.69 Å². The van der Waals surface area contributed by atoms with Crippen LogP contribution in [-0.2, 0) is 4.74 Å². The predicted octanol–water partition coefficient (Wildman–Crippen LogP) is 3.24. The molecule has 6 heteroatoms. The normalized spacial score (nSPS) is 26.0. The highest BCUT2D eigenvalue weighted by Gasteiger charge is 2.35. The molecule has 1 aromatic carbocycles. The second kappa shape index (κ2) is 7.44. The van der Waals surface area contributed by atoms with E-state index in [-0.39, 0.29) is 12.4 Å². The molecule has 136 valence electrons. The molecule has 0 unspecified atom stereocenters. The van der Waals surface area contributed by atoms with Gasteiger partial charge in [0, 0.05) is 18.5 Å². The van der Waals surface area contributed by atoms with Gasteiger partial charge in [0.1, 0.15) is 11.6 Å². The molecule has 1 N–H and O–H groups in total. The lowest BCUT2D eigenvalue weighted by atomic mass is 9.82. The number of fused-ring (bicyclic) bond motifs is 1. The van der Waals surface area contributed by atoms with E-state index < -0.39 is 0 Å². The summed E-state index contributed by atoms with van der Waals surface area (Å²) in [6, 6.07) is 6.84. The first-order chi connectivity index (χ1) is 11.6. The van der Waals surface area contributed by atoms with E-state index in [1.165, 1.54) is 11.1 Å². The molecule has 25 heavy (non-hydrogen) atoms. The van der Waals surface area contributed by atoms with Gasteiger partial charge in [-0.3, -0.25) is 0 Å². The van der Waals surface area contributed by atoms with E-state index in [9.17, 15) is 0 Å². The lowest BCUT2D eigenvalue weighted by Gasteiger charge is -2.39. The second-order valence-electron chi connectivity index (χ2n) is 7.13. The fourth-order valence-corrected chi connectivity index (χ4v) is 4.08. The van der Waals surface area contributed by atoms with Gasteiger partial charge in [0.05, 0.1) is 18.4 Å². The molecule has 3 atom stereocenters. The van der Waals surface area contributed by atoms with Crippen molar-refractivity contribution in [3.8, 4) is 5.69 Å². The van der Waals surface area contributed by atoms with Gasteiger partial charge in [0.15, 0.2) is 0 Å². The minimum Gasteiger partial charge on any atom is -0.375 e. The van der Waals surface area contributed by atoms with Gasteiger partial charge in [-0.15, -0.1) is 12.4 Å². The standard InChI is InChI=1S/C19H26N4O.ClH/c1-12-5-4-6-17(13(12)2)23-19(21-14(3)22-23)15-7-8-18-16(11-15)20-9-10-24-18;/h4-6,15-16,18,20H,7-11H2,1-3H3;1H/t15-,16+,18+;/m0./s1. The summed E-state index contributed by atoms with van der Waals surface area (Å²) in [6.45, 7) is 8.09. The highest BCUT2D eigenvalue weighted by Crippen LogP contribution is 2.35. The molecule has 4 rings (SSSR count). The van der Waals surface area contributed by atoms with Gasteiger partial charge in [-0.05, 0) is 57.2 Å². The van der Waals surface area contributed by atoms with Crippen molar-refractivity contribution in [3.05, 3.63) is 41.0 Å². The first-order valence-corrected chi connectivity index (χ1v) is 8.98. The van der Waals surface area contributed by atoms with Crippen LogP contribution in [0.2, 0.25) is 0 Å². The summed E-state index contributed by atoms with van der Waals surface area (Å²) in [5.74, 6) is 2.38. The maximum Gasteiger partial charge on any atom is 0.148 e. The largest absolute Gasteiger partial charge is 0.375 e. The predicted molar refractivity (Wildman–Crippen MR) is 101 cm³/mol. The number of morpholine rings is 1. The van der Waals surface area contributed by atoms with Crippen LogP contribution in [-0.4, -0.2) is 40.1 Å². The van der Waals surface area contributed by atoms with Crippen molar-refractivity contribution < 1.29 is 4.74 Å². The van der Waals surface area contributed by atoms with Crippen molar-refractivity contribution in [2.45, 2.75) is 58.1 Å². The molecule has 0 spiro atoms. The molecule has 2 heterocycles. The van der Waals surface area contributed by atoms with Crippen molar-refractivity contribution in [2.75, 3.05) is 13.2 Å². The molecule has 1 saturated heterocycles. The van der Waals surface area contributed by atoms with Gasteiger partial charge in [0.25, 0.3) is 0 Å². The monoisotopic (exact) mass is 362 g/mol. The number of hydrogen-bond acceptors (Lipinski definition) is 4. The van der Waals surface area contributed by atoms with Crippen LogP contribution in [0.3, 0.4) is 0 Å². The van der Waals surface area contributed by atoms with E-state index in [0.29, 0.717) is 18.1 Å². The average Bonchev–Trinajstić information content (AvgIpc) is 2.98. The SMILES string of the molecule is Cc1nc([C@H]2CC[C@H]3OCCN[C@@H]3C2)n(-c2cccc(C)c2C)n1.Cl. The number of rotatable bonds is 2. The number of aromatic nitrogens is 3. The van der Waals surface area contributed by atoms with Crippen molar-refractivity contribution in [1.82, 2.24) is 20.1 Å². The third kappa shape index (κ3) is 3.46. The minimum atomic E-state index is 0. The third-order valence-corrected chi connectivity index (χ3v) is 5.53. The maximum absolute atomic E-state index is 5.92. The Morgan fingerprint density at radius 1 is 1.20 bits per heavy atom. The maximum atomic E-state index is 5.92. The average molecular weight is 363 g/mol. The molecule has 0 bridgehead atoms.